The molecular formula is C18H22N2O. The van der Waals surface area contributed by atoms with Crippen LogP contribution in [0.25, 0.3) is 0 Å². The molecule has 0 amide bonds. The van der Waals surface area contributed by atoms with Crippen molar-refractivity contribution in [2.75, 3.05) is 0 Å². The van der Waals surface area contributed by atoms with Crippen molar-refractivity contribution in [2.45, 2.75) is 32.8 Å². The van der Waals surface area contributed by atoms with Gasteiger partial charge in [0, 0.05) is 5.56 Å². The van der Waals surface area contributed by atoms with Crippen LogP contribution in [0.4, 0.5) is 0 Å². The van der Waals surface area contributed by atoms with Gasteiger partial charge in [-0.05, 0) is 28.7 Å². The van der Waals surface area contributed by atoms with Crippen LogP contribution in [0.15, 0.2) is 48.5 Å². The second-order valence-electron chi connectivity index (χ2n) is 6.18. The van der Waals surface area contributed by atoms with E-state index in [0.717, 1.165) is 11.3 Å². The first-order chi connectivity index (χ1) is 9.86. The van der Waals surface area contributed by atoms with Gasteiger partial charge in [-0.3, -0.25) is 5.41 Å². The number of amidine groups is 1. The largest absolute Gasteiger partial charge is 0.489 e. The van der Waals surface area contributed by atoms with E-state index >= 15 is 0 Å². The maximum atomic E-state index is 7.43. The summed E-state index contributed by atoms with van der Waals surface area (Å²) >= 11 is 0. The van der Waals surface area contributed by atoms with Crippen molar-refractivity contribution >= 4 is 5.84 Å². The summed E-state index contributed by atoms with van der Waals surface area (Å²) in [5.74, 6) is 0.776. The lowest BCUT2D eigenvalue weighted by Crippen LogP contribution is -2.11. The predicted molar refractivity (Wildman–Crippen MR) is 86.9 cm³/mol. The molecule has 0 fully saturated rings. The van der Waals surface area contributed by atoms with Crippen LogP contribution < -0.4 is 10.5 Å². The van der Waals surface area contributed by atoms with E-state index in [1.807, 2.05) is 12.1 Å². The van der Waals surface area contributed by atoms with Gasteiger partial charge < -0.3 is 10.5 Å². The van der Waals surface area contributed by atoms with Crippen molar-refractivity contribution < 1.29 is 4.74 Å². The van der Waals surface area contributed by atoms with E-state index in [4.69, 9.17) is 15.9 Å². The van der Waals surface area contributed by atoms with Crippen molar-refractivity contribution in [3.8, 4) is 5.75 Å². The molecule has 2 aromatic carbocycles. The van der Waals surface area contributed by atoms with Crippen molar-refractivity contribution in [3.05, 3.63) is 65.2 Å². The van der Waals surface area contributed by atoms with E-state index in [9.17, 15) is 0 Å². The van der Waals surface area contributed by atoms with Crippen LogP contribution >= 0.6 is 0 Å². The average molecular weight is 282 g/mol. The normalized spacial score (nSPS) is 11.2. The van der Waals surface area contributed by atoms with Crippen LogP contribution in [0.3, 0.4) is 0 Å². The number of hydrogen-bond donors (Lipinski definition) is 2. The lowest BCUT2D eigenvalue weighted by Gasteiger charge is -2.19. The van der Waals surface area contributed by atoms with Gasteiger partial charge in [0.05, 0.1) is 0 Å². The molecule has 2 aromatic rings. The summed E-state index contributed by atoms with van der Waals surface area (Å²) in [5.41, 5.74) is 8.74. The Morgan fingerprint density at radius 1 is 1.10 bits per heavy atom. The number of nitrogen functional groups attached to an aromatic ring is 1. The van der Waals surface area contributed by atoms with Gasteiger partial charge in [0.25, 0.3) is 0 Å². The third-order valence-electron chi connectivity index (χ3n) is 3.37. The van der Waals surface area contributed by atoms with Gasteiger partial charge in [-0.15, -0.1) is 0 Å². The Bertz CT molecular complexity index is 624. The highest BCUT2D eigenvalue weighted by Gasteiger charge is 2.12. The molecule has 0 spiro atoms. The van der Waals surface area contributed by atoms with Crippen molar-refractivity contribution in [3.63, 3.8) is 0 Å². The van der Waals surface area contributed by atoms with Gasteiger partial charge in [0.2, 0.25) is 0 Å². The molecule has 3 N–H and O–H groups in total. The first kappa shape index (κ1) is 15.1. The van der Waals surface area contributed by atoms with Crippen LogP contribution in [-0.4, -0.2) is 5.84 Å². The Kier molecular flexibility index (Phi) is 4.32. The molecule has 0 unspecified atom stereocenters. The van der Waals surface area contributed by atoms with Crippen molar-refractivity contribution in [2.24, 2.45) is 5.73 Å². The first-order valence-electron chi connectivity index (χ1n) is 7.03. The Balaban J connectivity index is 2.03. The highest BCUT2D eigenvalue weighted by Crippen LogP contribution is 2.22. The molecule has 0 heterocycles. The molecule has 0 aliphatic rings. The predicted octanol–water partition coefficient (Wildman–Crippen LogP) is 3.85. The zero-order chi connectivity index (χ0) is 15.5. The number of rotatable bonds is 4. The van der Waals surface area contributed by atoms with Crippen molar-refractivity contribution in [1.82, 2.24) is 0 Å². The highest BCUT2D eigenvalue weighted by molar-refractivity contribution is 5.95. The second kappa shape index (κ2) is 6.00. The van der Waals surface area contributed by atoms with E-state index in [-0.39, 0.29) is 11.3 Å². The third kappa shape index (κ3) is 4.09. The zero-order valence-corrected chi connectivity index (χ0v) is 12.8. The Hall–Kier alpha value is -2.29. The fourth-order valence-electron chi connectivity index (χ4n) is 2.02. The molecule has 0 saturated heterocycles. The van der Waals surface area contributed by atoms with Gasteiger partial charge in [0.15, 0.2) is 0 Å². The molecule has 0 bridgehead atoms. The maximum Gasteiger partial charge on any atom is 0.122 e. The van der Waals surface area contributed by atoms with E-state index in [2.05, 4.69) is 45.0 Å². The van der Waals surface area contributed by atoms with Gasteiger partial charge in [-0.25, -0.2) is 0 Å². The van der Waals surface area contributed by atoms with Crippen LogP contribution in [-0.2, 0) is 12.0 Å². The minimum atomic E-state index is 0.0509. The van der Waals surface area contributed by atoms with E-state index in [0.29, 0.717) is 12.2 Å². The summed E-state index contributed by atoms with van der Waals surface area (Å²) in [5, 5.41) is 7.43. The zero-order valence-electron chi connectivity index (χ0n) is 12.8. The second-order valence-corrected chi connectivity index (χ2v) is 6.18. The quantitative estimate of drug-likeness (QED) is 0.661. The van der Waals surface area contributed by atoms with Crippen LogP contribution in [0.5, 0.6) is 5.75 Å². The molecular weight excluding hydrogens is 260 g/mol. The summed E-state index contributed by atoms with van der Waals surface area (Å²) < 4.78 is 5.76. The summed E-state index contributed by atoms with van der Waals surface area (Å²) in [7, 11) is 0. The number of ether oxygens (including phenoxy) is 1. The topological polar surface area (TPSA) is 59.1 Å². The fraction of sp³-hybridized carbons (Fsp3) is 0.278. The smallest absolute Gasteiger partial charge is 0.122 e. The Labute approximate surface area is 126 Å². The third-order valence-corrected chi connectivity index (χ3v) is 3.37. The van der Waals surface area contributed by atoms with E-state index < -0.39 is 0 Å². The molecule has 0 aromatic heterocycles. The molecule has 21 heavy (non-hydrogen) atoms. The molecule has 0 atom stereocenters. The van der Waals surface area contributed by atoms with E-state index in [1.54, 1.807) is 12.1 Å². The number of nitrogens with two attached hydrogens (primary N) is 1. The monoisotopic (exact) mass is 282 g/mol. The van der Waals surface area contributed by atoms with E-state index in [1.165, 1.54) is 5.56 Å². The summed E-state index contributed by atoms with van der Waals surface area (Å²) in [4.78, 5) is 0. The lowest BCUT2D eigenvalue weighted by atomic mass is 9.87. The Morgan fingerprint density at radius 3 is 2.33 bits per heavy atom. The molecule has 3 heteroatoms. The average Bonchev–Trinajstić information content (AvgIpc) is 2.45. The van der Waals surface area contributed by atoms with Crippen LogP contribution in [0.2, 0.25) is 0 Å². The van der Waals surface area contributed by atoms with Gasteiger partial charge >= 0.3 is 0 Å². The molecule has 0 aliphatic carbocycles. The number of nitrogens with one attached hydrogen (secondary N) is 1. The fourth-order valence-corrected chi connectivity index (χ4v) is 2.02. The molecule has 2 rings (SSSR count). The molecule has 110 valence electrons. The molecule has 0 saturated carbocycles. The SMILES string of the molecule is CC(C)(C)c1ccc(COc2cccc(C(=N)N)c2)cc1. The van der Waals surface area contributed by atoms with Gasteiger partial charge in [0.1, 0.15) is 18.2 Å². The van der Waals surface area contributed by atoms with Crippen LogP contribution in [0.1, 0.15) is 37.5 Å². The van der Waals surface area contributed by atoms with Gasteiger partial charge in [-0.2, -0.15) is 0 Å². The summed E-state index contributed by atoms with van der Waals surface area (Å²) in [6.45, 7) is 7.11. The summed E-state index contributed by atoms with van der Waals surface area (Å²) in [6.07, 6.45) is 0. The molecule has 0 radical (unpaired) electrons. The number of benzene rings is 2. The van der Waals surface area contributed by atoms with Gasteiger partial charge in [-0.1, -0.05) is 57.2 Å². The molecule has 3 nitrogen and oxygen atoms in total. The van der Waals surface area contributed by atoms with Crippen LogP contribution in [0, 0.1) is 5.41 Å². The summed E-state index contributed by atoms with van der Waals surface area (Å²) in [6, 6.07) is 15.8. The first-order valence-corrected chi connectivity index (χ1v) is 7.03. The minimum Gasteiger partial charge on any atom is -0.489 e. The standard InChI is InChI=1S/C18H22N2O/c1-18(2,3)15-9-7-13(8-10-15)12-21-16-6-4-5-14(11-16)17(19)20/h4-11H,12H2,1-3H3,(H3,19,20). The lowest BCUT2D eigenvalue weighted by molar-refractivity contribution is 0.306. The maximum absolute atomic E-state index is 7.43. The minimum absolute atomic E-state index is 0.0509. The number of hydrogen-bond acceptors (Lipinski definition) is 2. The molecule has 0 aliphatic heterocycles. The Morgan fingerprint density at radius 2 is 1.76 bits per heavy atom. The highest BCUT2D eigenvalue weighted by atomic mass is 16.5. The van der Waals surface area contributed by atoms with Crippen molar-refractivity contribution in [1.29, 1.82) is 5.41 Å².